The molecular formula is C51H34N2. The van der Waals surface area contributed by atoms with Gasteiger partial charge < -0.3 is 4.90 Å². The summed E-state index contributed by atoms with van der Waals surface area (Å²) in [5.74, 6) is 0. The predicted molar refractivity (Wildman–Crippen MR) is 223 cm³/mol. The molecule has 1 aromatic heterocycles. The summed E-state index contributed by atoms with van der Waals surface area (Å²) >= 11 is 0. The van der Waals surface area contributed by atoms with Crippen LogP contribution in [0.1, 0.15) is 0 Å². The zero-order valence-corrected chi connectivity index (χ0v) is 29.0. The first kappa shape index (κ1) is 30.8. The Hall–Kier alpha value is -7.03. The van der Waals surface area contributed by atoms with E-state index in [4.69, 9.17) is 4.98 Å². The first-order valence-electron chi connectivity index (χ1n) is 18.1. The average molecular weight is 675 g/mol. The summed E-state index contributed by atoms with van der Waals surface area (Å²) in [6, 6.07) is 72.1. The first-order valence-corrected chi connectivity index (χ1v) is 18.1. The van der Waals surface area contributed by atoms with Gasteiger partial charge in [0.1, 0.15) is 0 Å². The number of benzene rings is 8. The topological polar surface area (TPSA) is 16.1 Å². The van der Waals surface area contributed by atoms with Crippen molar-refractivity contribution >= 4 is 27.8 Å². The van der Waals surface area contributed by atoms with Crippen molar-refractivity contribution in [3.63, 3.8) is 0 Å². The minimum Gasteiger partial charge on any atom is -0.309 e. The number of rotatable bonds is 7. The van der Waals surface area contributed by atoms with Gasteiger partial charge in [-0.3, -0.25) is 4.98 Å². The van der Waals surface area contributed by atoms with Gasteiger partial charge in [0.05, 0.1) is 17.1 Å². The van der Waals surface area contributed by atoms with Gasteiger partial charge in [0, 0.05) is 28.6 Å². The van der Waals surface area contributed by atoms with E-state index in [-0.39, 0.29) is 0 Å². The molecule has 0 N–H and O–H groups in total. The number of anilines is 3. The third kappa shape index (κ3) is 5.40. The lowest BCUT2D eigenvalue weighted by molar-refractivity contribution is 1.28. The summed E-state index contributed by atoms with van der Waals surface area (Å²) in [4.78, 5) is 7.29. The number of aromatic nitrogens is 1. The Labute approximate surface area is 309 Å². The standard InChI is InChI=1S/C51H34N2/c1-3-13-35(14-4-1)36-24-26-37(27-25-36)38-28-30-42(31-29-38)53(48-23-8-7-19-43(48)39-15-5-2-6-16-39)49-34-41(47-22-9-10-32-52-47)33-46-44-20-11-17-40-18-12-21-45(50(40)44)51(46)49/h1-34H. The van der Waals surface area contributed by atoms with Crippen LogP contribution in [0.4, 0.5) is 17.1 Å². The zero-order chi connectivity index (χ0) is 35.1. The lowest BCUT2D eigenvalue weighted by Gasteiger charge is -2.30. The average Bonchev–Trinajstić information content (AvgIpc) is 3.57. The Bertz CT molecular complexity index is 2730. The molecule has 0 bridgehead atoms. The van der Waals surface area contributed by atoms with Crippen LogP contribution < -0.4 is 4.90 Å². The van der Waals surface area contributed by atoms with Crippen molar-refractivity contribution < 1.29 is 0 Å². The molecule has 248 valence electrons. The van der Waals surface area contributed by atoms with E-state index in [1.165, 1.54) is 66.4 Å². The first-order chi connectivity index (χ1) is 26.3. The van der Waals surface area contributed by atoms with Crippen molar-refractivity contribution in [1.82, 2.24) is 4.98 Å². The molecule has 0 spiro atoms. The van der Waals surface area contributed by atoms with E-state index in [2.05, 4.69) is 199 Å². The van der Waals surface area contributed by atoms with Gasteiger partial charge in [-0.2, -0.15) is 0 Å². The fraction of sp³-hybridized carbons (Fsp3) is 0. The van der Waals surface area contributed by atoms with Crippen LogP contribution in [-0.4, -0.2) is 4.98 Å². The van der Waals surface area contributed by atoms with Gasteiger partial charge in [-0.1, -0.05) is 158 Å². The number of pyridine rings is 1. The normalized spacial score (nSPS) is 11.4. The van der Waals surface area contributed by atoms with Crippen molar-refractivity contribution in [2.75, 3.05) is 4.90 Å². The van der Waals surface area contributed by atoms with E-state index in [0.717, 1.165) is 28.3 Å². The molecule has 0 unspecified atom stereocenters. The minimum absolute atomic E-state index is 0.949. The van der Waals surface area contributed by atoms with Crippen LogP contribution >= 0.6 is 0 Å². The molecule has 1 heterocycles. The van der Waals surface area contributed by atoms with E-state index in [1.807, 2.05) is 12.3 Å². The largest absolute Gasteiger partial charge is 0.309 e. The molecule has 0 saturated carbocycles. The molecule has 2 nitrogen and oxygen atoms in total. The second-order valence-electron chi connectivity index (χ2n) is 13.6. The van der Waals surface area contributed by atoms with E-state index in [1.54, 1.807) is 0 Å². The molecule has 0 amide bonds. The van der Waals surface area contributed by atoms with Gasteiger partial charge in [-0.15, -0.1) is 0 Å². The number of para-hydroxylation sites is 1. The van der Waals surface area contributed by atoms with Crippen LogP contribution in [0, 0.1) is 0 Å². The monoisotopic (exact) mass is 674 g/mol. The molecule has 9 aromatic rings. The fourth-order valence-electron chi connectivity index (χ4n) is 7.98. The smallest absolute Gasteiger partial charge is 0.0702 e. The maximum absolute atomic E-state index is 4.84. The number of hydrogen-bond acceptors (Lipinski definition) is 2. The van der Waals surface area contributed by atoms with Crippen LogP contribution in [-0.2, 0) is 0 Å². The molecule has 8 aromatic carbocycles. The Morgan fingerprint density at radius 2 is 0.906 bits per heavy atom. The highest BCUT2D eigenvalue weighted by Gasteiger charge is 2.29. The molecule has 1 aliphatic carbocycles. The quantitative estimate of drug-likeness (QED) is 0.167. The molecule has 0 aliphatic heterocycles. The molecular weight excluding hydrogens is 641 g/mol. The van der Waals surface area contributed by atoms with E-state index in [9.17, 15) is 0 Å². The molecule has 0 radical (unpaired) electrons. The van der Waals surface area contributed by atoms with Crippen LogP contribution in [0.3, 0.4) is 0 Å². The van der Waals surface area contributed by atoms with Crippen molar-refractivity contribution in [2.45, 2.75) is 0 Å². The van der Waals surface area contributed by atoms with Crippen LogP contribution in [0.15, 0.2) is 206 Å². The molecule has 0 saturated heterocycles. The second kappa shape index (κ2) is 12.9. The third-order valence-corrected chi connectivity index (χ3v) is 10.5. The summed E-state index contributed by atoms with van der Waals surface area (Å²) in [6.45, 7) is 0. The third-order valence-electron chi connectivity index (χ3n) is 10.5. The van der Waals surface area contributed by atoms with Crippen molar-refractivity contribution in [2.24, 2.45) is 0 Å². The van der Waals surface area contributed by atoms with Gasteiger partial charge in [0.15, 0.2) is 0 Å². The van der Waals surface area contributed by atoms with Gasteiger partial charge in [0.2, 0.25) is 0 Å². The van der Waals surface area contributed by atoms with E-state index in [0.29, 0.717) is 0 Å². The lowest BCUT2D eigenvalue weighted by atomic mass is 9.94. The lowest BCUT2D eigenvalue weighted by Crippen LogP contribution is -2.13. The Morgan fingerprint density at radius 1 is 0.340 bits per heavy atom. The number of nitrogens with zero attached hydrogens (tertiary/aromatic N) is 2. The summed E-state index contributed by atoms with van der Waals surface area (Å²) < 4.78 is 0. The molecule has 10 rings (SSSR count). The molecule has 0 atom stereocenters. The van der Waals surface area contributed by atoms with Gasteiger partial charge >= 0.3 is 0 Å². The fourth-order valence-corrected chi connectivity index (χ4v) is 7.98. The summed E-state index contributed by atoms with van der Waals surface area (Å²) in [7, 11) is 0. The number of fused-ring (bicyclic) bond motifs is 3. The van der Waals surface area contributed by atoms with E-state index < -0.39 is 0 Å². The van der Waals surface area contributed by atoms with Gasteiger partial charge in [0.25, 0.3) is 0 Å². The van der Waals surface area contributed by atoms with Crippen molar-refractivity contribution in [1.29, 1.82) is 0 Å². The highest BCUT2D eigenvalue weighted by Crippen LogP contribution is 2.55. The summed E-state index contributed by atoms with van der Waals surface area (Å²) in [5, 5.41) is 2.55. The Balaban J connectivity index is 1.19. The number of hydrogen-bond donors (Lipinski definition) is 0. The minimum atomic E-state index is 0.949. The van der Waals surface area contributed by atoms with E-state index >= 15 is 0 Å². The van der Waals surface area contributed by atoms with Crippen LogP contribution in [0.25, 0.3) is 77.7 Å². The van der Waals surface area contributed by atoms with Crippen molar-refractivity contribution in [3.05, 3.63) is 206 Å². The maximum atomic E-state index is 4.84. The summed E-state index contributed by atoms with van der Waals surface area (Å²) in [5.41, 5.74) is 17.5. The highest BCUT2D eigenvalue weighted by molar-refractivity contribution is 6.19. The summed E-state index contributed by atoms with van der Waals surface area (Å²) in [6.07, 6.45) is 1.88. The Kier molecular flexibility index (Phi) is 7.51. The highest BCUT2D eigenvalue weighted by atomic mass is 15.1. The zero-order valence-electron chi connectivity index (χ0n) is 29.0. The maximum Gasteiger partial charge on any atom is 0.0702 e. The SMILES string of the molecule is c1ccc(-c2ccc(-c3ccc(N(c4ccccc4-c4ccccc4)c4cc(-c5ccccn5)cc5c4-c4cccc6cccc-5c46)cc3)cc2)cc1. The molecule has 0 fully saturated rings. The second-order valence-corrected chi connectivity index (χ2v) is 13.6. The molecule has 2 heteroatoms. The van der Waals surface area contributed by atoms with Gasteiger partial charge in [-0.05, 0) is 97.7 Å². The molecule has 53 heavy (non-hydrogen) atoms. The van der Waals surface area contributed by atoms with Crippen molar-refractivity contribution in [3.8, 4) is 66.9 Å². The van der Waals surface area contributed by atoms with Crippen LogP contribution in [0.2, 0.25) is 0 Å². The van der Waals surface area contributed by atoms with Gasteiger partial charge in [-0.25, -0.2) is 0 Å². The van der Waals surface area contributed by atoms with Crippen LogP contribution in [0.5, 0.6) is 0 Å². The molecule has 1 aliphatic rings. The predicted octanol–water partition coefficient (Wildman–Crippen LogP) is 14.0. The Morgan fingerprint density at radius 3 is 1.58 bits per heavy atom.